The quantitative estimate of drug-likeness (QED) is 0.699. The summed E-state index contributed by atoms with van der Waals surface area (Å²) >= 11 is 0. The number of sulfone groups is 1. The maximum atomic E-state index is 12.8. The first kappa shape index (κ1) is 20.3. The molecule has 0 saturated carbocycles. The first-order chi connectivity index (χ1) is 13.9. The number of rotatable bonds is 4. The molecule has 1 aromatic heterocycles. The van der Waals surface area contributed by atoms with Crippen molar-refractivity contribution in [3.8, 4) is 0 Å². The molecule has 4 rings (SSSR count). The number of aromatic nitrogens is 2. The lowest BCUT2D eigenvalue weighted by molar-refractivity contribution is -0.136. The maximum Gasteiger partial charge on any atom is 0.226 e. The molecule has 29 heavy (non-hydrogen) atoms. The van der Waals surface area contributed by atoms with Gasteiger partial charge in [-0.15, -0.1) is 0 Å². The van der Waals surface area contributed by atoms with Crippen molar-refractivity contribution in [1.29, 1.82) is 0 Å². The van der Waals surface area contributed by atoms with E-state index in [1.807, 2.05) is 4.90 Å². The predicted octanol–water partition coefficient (Wildman–Crippen LogP) is 2.54. The maximum absolute atomic E-state index is 12.8. The van der Waals surface area contributed by atoms with Crippen LogP contribution >= 0.6 is 0 Å². The number of anilines is 1. The van der Waals surface area contributed by atoms with Crippen LogP contribution in [0, 0.1) is 5.92 Å². The first-order valence-corrected chi connectivity index (χ1v) is 12.6. The van der Waals surface area contributed by atoms with Crippen molar-refractivity contribution in [1.82, 2.24) is 14.9 Å². The number of carbonyl (C=O) groups excluding carboxylic acids is 1. The molecule has 0 spiro atoms. The zero-order valence-corrected chi connectivity index (χ0v) is 17.9. The van der Waals surface area contributed by atoms with Gasteiger partial charge in [-0.05, 0) is 44.9 Å². The fourth-order valence-corrected chi connectivity index (χ4v) is 5.51. The summed E-state index contributed by atoms with van der Waals surface area (Å²) in [5, 5.41) is 0. The minimum atomic E-state index is -3.40. The van der Waals surface area contributed by atoms with Gasteiger partial charge in [0.2, 0.25) is 11.9 Å². The molecule has 0 radical (unpaired) electrons. The standard InChI is InChI=1S/C21H30N4O3S/c1-29(27,28)18-15-22-21(25-11-5-6-12-25)23-19(18)16-9-13-24(14-10-16)20(26)17-7-3-2-4-8-17/h2-3,15-17H,4-14H2,1H3. The Kier molecular flexibility index (Phi) is 5.90. The third-order valence-corrected chi connectivity index (χ3v) is 7.48. The highest BCUT2D eigenvalue weighted by molar-refractivity contribution is 7.90. The average Bonchev–Trinajstić information content (AvgIpc) is 3.28. The highest BCUT2D eigenvalue weighted by Gasteiger charge is 2.32. The molecule has 0 bridgehead atoms. The largest absolute Gasteiger partial charge is 0.342 e. The van der Waals surface area contributed by atoms with Crippen LogP contribution < -0.4 is 4.90 Å². The van der Waals surface area contributed by atoms with E-state index in [-0.39, 0.29) is 22.6 Å². The second kappa shape index (κ2) is 8.42. The summed E-state index contributed by atoms with van der Waals surface area (Å²) in [5.74, 6) is 1.03. The molecule has 2 aliphatic heterocycles. The molecule has 2 fully saturated rings. The second-order valence-electron chi connectivity index (χ2n) is 8.47. The van der Waals surface area contributed by atoms with Gasteiger partial charge in [0.25, 0.3) is 0 Å². The van der Waals surface area contributed by atoms with E-state index < -0.39 is 9.84 Å². The molecule has 3 aliphatic rings. The zero-order valence-electron chi connectivity index (χ0n) is 17.1. The van der Waals surface area contributed by atoms with Crippen LogP contribution in [0.25, 0.3) is 0 Å². The summed E-state index contributed by atoms with van der Waals surface area (Å²) in [6.45, 7) is 3.16. The highest BCUT2D eigenvalue weighted by Crippen LogP contribution is 2.33. The van der Waals surface area contributed by atoms with Gasteiger partial charge < -0.3 is 9.80 Å². The summed E-state index contributed by atoms with van der Waals surface area (Å²) in [4.78, 5) is 26.2. The van der Waals surface area contributed by atoms with Crippen molar-refractivity contribution in [2.24, 2.45) is 5.92 Å². The van der Waals surface area contributed by atoms with Crippen LogP contribution in [0.2, 0.25) is 0 Å². The summed E-state index contributed by atoms with van der Waals surface area (Å²) in [5.41, 5.74) is 0.636. The monoisotopic (exact) mass is 418 g/mol. The van der Waals surface area contributed by atoms with Crippen LogP contribution in [-0.4, -0.2) is 61.6 Å². The summed E-state index contributed by atoms with van der Waals surface area (Å²) in [6, 6.07) is 0. The molecule has 158 valence electrons. The Hall–Kier alpha value is -1.96. The van der Waals surface area contributed by atoms with Gasteiger partial charge in [-0.1, -0.05) is 12.2 Å². The van der Waals surface area contributed by atoms with Crippen molar-refractivity contribution in [3.63, 3.8) is 0 Å². The molecule has 1 atom stereocenters. The Morgan fingerprint density at radius 3 is 2.41 bits per heavy atom. The number of carbonyl (C=O) groups is 1. The molecule has 2 saturated heterocycles. The third kappa shape index (κ3) is 4.47. The van der Waals surface area contributed by atoms with E-state index in [2.05, 4.69) is 22.0 Å². The Labute approximate surface area is 173 Å². The lowest BCUT2D eigenvalue weighted by Gasteiger charge is -2.35. The van der Waals surface area contributed by atoms with Gasteiger partial charge >= 0.3 is 0 Å². The fourth-order valence-electron chi connectivity index (χ4n) is 4.67. The smallest absolute Gasteiger partial charge is 0.226 e. The molecule has 1 aliphatic carbocycles. The van der Waals surface area contributed by atoms with Crippen molar-refractivity contribution in [2.45, 2.75) is 55.8 Å². The van der Waals surface area contributed by atoms with E-state index in [4.69, 9.17) is 4.98 Å². The molecule has 7 nitrogen and oxygen atoms in total. The molecular weight excluding hydrogens is 388 g/mol. The Balaban J connectivity index is 1.51. The van der Waals surface area contributed by atoms with Crippen LogP contribution in [-0.2, 0) is 14.6 Å². The van der Waals surface area contributed by atoms with Crippen LogP contribution in [0.15, 0.2) is 23.2 Å². The van der Waals surface area contributed by atoms with Gasteiger partial charge in [-0.3, -0.25) is 4.79 Å². The minimum Gasteiger partial charge on any atom is -0.342 e. The molecule has 3 heterocycles. The summed E-state index contributed by atoms with van der Waals surface area (Å²) < 4.78 is 24.7. The number of hydrogen-bond donors (Lipinski definition) is 0. The topological polar surface area (TPSA) is 83.5 Å². The molecule has 0 aromatic carbocycles. The minimum absolute atomic E-state index is 0.0411. The van der Waals surface area contributed by atoms with Gasteiger partial charge in [-0.2, -0.15) is 0 Å². The second-order valence-corrected chi connectivity index (χ2v) is 10.5. The van der Waals surface area contributed by atoms with Gasteiger partial charge in [0, 0.05) is 44.3 Å². The molecule has 0 N–H and O–H groups in total. The fraction of sp³-hybridized carbons (Fsp3) is 0.667. The van der Waals surface area contributed by atoms with Crippen LogP contribution in [0.1, 0.15) is 56.6 Å². The molecule has 1 amide bonds. The van der Waals surface area contributed by atoms with Crippen molar-refractivity contribution in [2.75, 3.05) is 37.3 Å². The molecular formula is C21H30N4O3S. The Morgan fingerprint density at radius 1 is 1.07 bits per heavy atom. The Bertz CT molecular complexity index is 885. The summed E-state index contributed by atoms with van der Waals surface area (Å²) in [6.07, 6.45) is 13.4. The lowest BCUT2D eigenvalue weighted by Crippen LogP contribution is -2.42. The Morgan fingerprint density at radius 2 is 1.79 bits per heavy atom. The lowest BCUT2D eigenvalue weighted by atomic mass is 9.89. The van der Waals surface area contributed by atoms with E-state index in [0.717, 1.165) is 58.0 Å². The summed E-state index contributed by atoms with van der Waals surface area (Å²) in [7, 11) is -3.40. The first-order valence-electron chi connectivity index (χ1n) is 10.7. The zero-order chi connectivity index (χ0) is 20.4. The number of piperidine rings is 1. The molecule has 8 heteroatoms. The van der Waals surface area contributed by atoms with Crippen molar-refractivity contribution < 1.29 is 13.2 Å². The third-order valence-electron chi connectivity index (χ3n) is 6.37. The molecule has 1 unspecified atom stereocenters. The number of hydrogen-bond acceptors (Lipinski definition) is 6. The van der Waals surface area contributed by atoms with Gasteiger partial charge in [0.05, 0.1) is 11.9 Å². The molecule has 1 aromatic rings. The van der Waals surface area contributed by atoms with E-state index in [1.165, 1.54) is 12.5 Å². The van der Waals surface area contributed by atoms with Gasteiger partial charge in [0.15, 0.2) is 9.84 Å². The van der Waals surface area contributed by atoms with Crippen LogP contribution in [0.3, 0.4) is 0 Å². The van der Waals surface area contributed by atoms with Gasteiger partial charge in [-0.25, -0.2) is 18.4 Å². The van der Waals surface area contributed by atoms with Crippen LogP contribution in [0.4, 0.5) is 5.95 Å². The van der Waals surface area contributed by atoms with Gasteiger partial charge in [0.1, 0.15) is 4.90 Å². The average molecular weight is 419 g/mol. The SMILES string of the molecule is CS(=O)(=O)c1cnc(N2CCCC2)nc1C1CCN(C(=O)C2CC=CCC2)CC1. The van der Waals surface area contributed by atoms with Crippen molar-refractivity contribution >= 4 is 21.7 Å². The normalized spacial score (nSPS) is 23.6. The predicted molar refractivity (Wildman–Crippen MR) is 112 cm³/mol. The van der Waals surface area contributed by atoms with E-state index in [1.54, 1.807) is 0 Å². The van der Waals surface area contributed by atoms with Crippen LogP contribution in [0.5, 0.6) is 0 Å². The van der Waals surface area contributed by atoms with E-state index >= 15 is 0 Å². The van der Waals surface area contributed by atoms with E-state index in [9.17, 15) is 13.2 Å². The van der Waals surface area contributed by atoms with Crippen molar-refractivity contribution in [3.05, 3.63) is 24.0 Å². The number of likely N-dealkylation sites (tertiary alicyclic amines) is 1. The number of allylic oxidation sites excluding steroid dienone is 2. The highest BCUT2D eigenvalue weighted by atomic mass is 32.2. The number of nitrogens with zero attached hydrogens (tertiary/aromatic N) is 4. The number of amides is 1. The van der Waals surface area contributed by atoms with E-state index in [0.29, 0.717) is 24.7 Å².